The molecule has 0 bridgehead atoms. The van der Waals surface area contributed by atoms with Gasteiger partial charge in [0.25, 0.3) is 0 Å². The van der Waals surface area contributed by atoms with E-state index >= 15 is 0 Å². The number of hydrogen-bond donors (Lipinski definition) is 0. The lowest BCUT2D eigenvalue weighted by atomic mass is 10.1. The second kappa shape index (κ2) is 9.88. The summed E-state index contributed by atoms with van der Waals surface area (Å²) >= 11 is 0. The van der Waals surface area contributed by atoms with Crippen LogP contribution in [0.3, 0.4) is 0 Å². The van der Waals surface area contributed by atoms with Crippen LogP contribution in [0.4, 0.5) is 20.2 Å². The first-order chi connectivity index (χ1) is 15.6. The zero-order valence-electron chi connectivity index (χ0n) is 17.8. The lowest BCUT2D eigenvalue weighted by molar-refractivity contribution is 0.627. The van der Waals surface area contributed by atoms with E-state index in [2.05, 4.69) is 53.4 Å². The van der Waals surface area contributed by atoms with Crippen molar-refractivity contribution in [3.8, 4) is 0 Å². The smallest absolute Gasteiger partial charge is 0.123 e. The van der Waals surface area contributed by atoms with Crippen molar-refractivity contribution in [3.05, 3.63) is 131 Å². The van der Waals surface area contributed by atoms with Crippen LogP contribution in [0.1, 0.15) is 22.3 Å². The third-order valence-corrected chi connectivity index (χ3v) is 5.24. The van der Waals surface area contributed by atoms with Crippen molar-refractivity contribution in [1.29, 1.82) is 0 Å². The first-order valence-electron chi connectivity index (χ1n) is 10.4. The van der Waals surface area contributed by atoms with Crippen LogP contribution >= 0.6 is 0 Å². The third-order valence-electron chi connectivity index (χ3n) is 5.24. The summed E-state index contributed by atoms with van der Waals surface area (Å²) in [4.78, 5) is 2.13. The lowest BCUT2D eigenvalue weighted by Crippen LogP contribution is -2.08. The van der Waals surface area contributed by atoms with Gasteiger partial charge in [0.15, 0.2) is 0 Å². The second-order valence-corrected chi connectivity index (χ2v) is 7.51. The fraction of sp³-hybridized carbons (Fsp3) is 0.0345. The van der Waals surface area contributed by atoms with Gasteiger partial charge in [-0.15, -0.1) is 0 Å². The van der Waals surface area contributed by atoms with Crippen LogP contribution in [0, 0.1) is 11.6 Å². The molecule has 0 aliphatic rings. The molecule has 0 saturated carbocycles. The van der Waals surface area contributed by atoms with E-state index in [1.807, 2.05) is 31.4 Å². The van der Waals surface area contributed by atoms with Gasteiger partial charge in [-0.25, -0.2) is 8.78 Å². The summed E-state index contributed by atoms with van der Waals surface area (Å²) < 4.78 is 26.0. The van der Waals surface area contributed by atoms with Crippen LogP contribution in [-0.2, 0) is 0 Å². The molecule has 158 valence electrons. The van der Waals surface area contributed by atoms with Crippen molar-refractivity contribution < 1.29 is 8.78 Å². The first kappa shape index (κ1) is 21.3. The Kier molecular flexibility index (Phi) is 6.57. The number of halogens is 2. The summed E-state index contributed by atoms with van der Waals surface area (Å²) in [6, 6.07) is 29.4. The van der Waals surface area contributed by atoms with E-state index in [0.717, 1.165) is 33.6 Å². The largest absolute Gasteiger partial charge is 0.345 e. The van der Waals surface area contributed by atoms with Gasteiger partial charge in [0, 0.05) is 18.4 Å². The van der Waals surface area contributed by atoms with Crippen molar-refractivity contribution in [2.75, 3.05) is 11.9 Å². The zero-order valence-corrected chi connectivity index (χ0v) is 17.8. The number of hydrogen-bond acceptors (Lipinski definition) is 1. The standard InChI is InChI=1S/C29H23F2N/c1-32(28-18-10-24(11-19-28)4-2-22-6-14-26(30)15-7-22)29-20-12-25(13-21-29)5-3-23-8-16-27(31)17-9-23/h2-21H,1H3. The molecule has 0 N–H and O–H groups in total. The number of anilines is 2. The van der Waals surface area contributed by atoms with Crippen LogP contribution in [0.25, 0.3) is 24.3 Å². The van der Waals surface area contributed by atoms with Crippen LogP contribution < -0.4 is 4.90 Å². The summed E-state index contributed by atoms with van der Waals surface area (Å²) in [5.41, 5.74) is 6.24. The Morgan fingerprint density at radius 2 is 0.688 bits per heavy atom. The molecule has 0 spiro atoms. The molecule has 3 heteroatoms. The quantitative estimate of drug-likeness (QED) is 0.283. The molecule has 0 aromatic heterocycles. The van der Waals surface area contributed by atoms with Crippen molar-refractivity contribution in [2.24, 2.45) is 0 Å². The van der Waals surface area contributed by atoms with Gasteiger partial charge < -0.3 is 4.90 Å². The molecule has 32 heavy (non-hydrogen) atoms. The summed E-state index contributed by atoms with van der Waals surface area (Å²) in [6.07, 6.45) is 7.96. The van der Waals surface area contributed by atoms with E-state index in [4.69, 9.17) is 0 Å². The molecule has 0 radical (unpaired) electrons. The molecule has 4 rings (SSSR count). The van der Waals surface area contributed by atoms with Crippen LogP contribution in [0.2, 0.25) is 0 Å². The molecule has 4 aromatic carbocycles. The van der Waals surface area contributed by atoms with E-state index in [-0.39, 0.29) is 11.6 Å². The molecule has 0 saturated heterocycles. The molecule has 0 aliphatic heterocycles. The van der Waals surface area contributed by atoms with Crippen LogP contribution in [0.5, 0.6) is 0 Å². The molecule has 0 fully saturated rings. The Labute approximate surface area is 187 Å². The van der Waals surface area contributed by atoms with Gasteiger partial charge in [0.2, 0.25) is 0 Å². The Hall–Kier alpha value is -3.98. The molecule has 0 unspecified atom stereocenters. The topological polar surface area (TPSA) is 3.24 Å². The number of rotatable bonds is 6. The fourth-order valence-corrected chi connectivity index (χ4v) is 3.30. The molecule has 0 amide bonds. The van der Waals surface area contributed by atoms with Crippen LogP contribution in [0.15, 0.2) is 97.1 Å². The minimum Gasteiger partial charge on any atom is -0.345 e. The Bertz CT molecular complexity index is 1110. The molecule has 4 aromatic rings. The predicted molar refractivity (Wildman–Crippen MR) is 132 cm³/mol. The van der Waals surface area contributed by atoms with Crippen molar-refractivity contribution in [1.82, 2.24) is 0 Å². The average Bonchev–Trinajstić information content (AvgIpc) is 2.83. The molecular weight excluding hydrogens is 400 g/mol. The summed E-state index contributed by atoms with van der Waals surface area (Å²) in [7, 11) is 2.03. The highest BCUT2D eigenvalue weighted by molar-refractivity contribution is 5.73. The van der Waals surface area contributed by atoms with Crippen molar-refractivity contribution >= 4 is 35.7 Å². The summed E-state index contributed by atoms with van der Waals surface area (Å²) in [6.45, 7) is 0. The van der Waals surface area contributed by atoms with Gasteiger partial charge in [-0.05, 0) is 70.8 Å². The lowest BCUT2D eigenvalue weighted by Gasteiger charge is -2.19. The Morgan fingerprint density at radius 3 is 0.969 bits per heavy atom. The highest BCUT2D eigenvalue weighted by Crippen LogP contribution is 2.25. The fourth-order valence-electron chi connectivity index (χ4n) is 3.30. The maximum atomic E-state index is 13.0. The number of nitrogens with zero attached hydrogens (tertiary/aromatic N) is 1. The molecule has 0 atom stereocenters. The monoisotopic (exact) mass is 423 g/mol. The van der Waals surface area contributed by atoms with Crippen LogP contribution in [-0.4, -0.2) is 7.05 Å². The average molecular weight is 424 g/mol. The maximum absolute atomic E-state index is 13.0. The third kappa shape index (κ3) is 5.58. The molecule has 0 aliphatic carbocycles. The van der Waals surface area contributed by atoms with Gasteiger partial charge in [-0.3, -0.25) is 0 Å². The zero-order chi connectivity index (χ0) is 22.3. The van der Waals surface area contributed by atoms with Crippen molar-refractivity contribution in [2.45, 2.75) is 0 Å². The van der Waals surface area contributed by atoms with E-state index in [0.29, 0.717) is 0 Å². The van der Waals surface area contributed by atoms with E-state index in [1.54, 1.807) is 24.3 Å². The maximum Gasteiger partial charge on any atom is 0.123 e. The normalized spacial score (nSPS) is 11.3. The highest BCUT2D eigenvalue weighted by atomic mass is 19.1. The van der Waals surface area contributed by atoms with Gasteiger partial charge in [0.05, 0.1) is 0 Å². The summed E-state index contributed by atoms with van der Waals surface area (Å²) in [5, 5.41) is 0. The van der Waals surface area contributed by atoms with Gasteiger partial charge in [0.1, 0.15) is 11.6 Å². The van der Waals surface area contributed by atoms with E-state index < -0.39 is 0 Å². The Balaban J connectivity index is 1.40. The van der Waals surface area contributed by atoms with E-state index in [1.165, 1.54) is 24.3 Å². The minimum absolute atomic E-state index is 0.230. The highest BCUT2D eigenvalue weighted by Gasteiger charge is 2.03. The second-order valence-electron chi connectivity index (χ2n) is 7.51. The SMILES string of the molecule is CN(c1ccc(C=Cc2ccc(F)cc2)cc1)c1ccc(C=Cc2ccc(F)cc2)cc1. The Morgan fingerprint density at radius 1 is 0.438 bits per heavy atom. The first-order valence-corrected chi connectivity index (χ1v) is 10.4. The van der Waals surface area contributed by atoms with Gasteiger partial charge in [-0.2, -0.15) is 0 Å². The van der Waals surface area contributed by atoms with Crippen molar-refractivity contribution in [3.63, 3.8) is 0 Å². The number of benzene rings is 4. The molecular formula is C29H23F2N. The molecule has 1 nitrogen and oxygen atoms in total. The summed E-state index contributed by atoms with van der Waals surface area (Å²) in [5.74, 6) is -0.460. The van der Waals surface area contributed by atoms with Gasteiger partial charge >= 0.3 is 0 Å². The van der Waals surface area contributed by atoms with Gasteiger partial charge in [-0.1, -0.05) is 72.8 Å². The predicted octanol–water partition coefficient (Wildman–Crippen LogP) is 8.07. The van der Waals surface area contributed by atoms with E-state index in [9.17, 15) is 8.78 Å². The molecule has 0 heterocycles. The minimum atomic E-state index is -0.230.